The first-order valence-corrected chi connectivity index (χ1v) is 9.14. The number of amides is 2. The third-order valence-corrected chi connectivity index (χ3v) is 4.58. The lowest BCUT2D eigenvalue weighted by atomic mass is 10.1. The highest BCUT2D eigenvalue weighted by Crippen LogP contribution is 2.27. The fourth-order valence-electron chi connectivity index (χ4n) is 3.24. The van der Waals surface area contributed by atoms with E-state index in [-0.39, 0.29) is 17.6 Å². The Labute approximate surface area is 157 Å². The number of hydrogen-bond acceptors (Lipinski definition) is 3. The van der Waals surface area contributed by atoms with Crippen molar-refractivity contribution in [2.75, 3.05) is 13.1 Å². The van der Waals surface area contributed by atoms with Gasteiger partial charge in [-0.25, -0.2) is 9.37 Å². The van der Waals surface area contributed by atoms with Crippen molar-refractivity contribution >= 4 is 11.8 Å². The van der Waals surface area contributed by atoms with Crippen molar-refractivity contribution in [3.63, 3.8) is 0 Å². The molecule has 1 aliphatic rings. The summed E-state index contributed by atoms with van der Waals surface area (Å²) in [5.41, 5.74) is 2.11. The van der Waals surface area contributed by atoms with Crippen molar-refractivity contribution in [3.8, 4) is 11.4 Å². The van der Waals surface area contributed by atoms with Gasteiger partial charge in [0, 0.05) is 25.2 Å². The Bertz CT molecular complexity index is 842. The highest BCUT2D eigenvalue weighted by atomic mass is 19.1. The van der Waals surface area contributed by atoms with Gasteiger partial charge >= 0.3 is 0 Å². The van der Waals surface area contributed by atoms with Gasteiger partial charge in [-0.05, 0) is 49.6 Å². The van der Waals surface area contributed by atoms with E-state index in [9.17, 15) is 14.0 Å². The second kappa shape index (κ2) is 8.62. The number of nitrogens with zero attached hydrogens (tertiary/aromatic N) is 2. The molecule has 2 N–H and O–H groups in total. The SMILES string of the molecule is C=CC(=O)NCCNC(=O)c1nc(-c2ccc(F)cc2)n2c1CCCCC2. The first kappa shape index (κ1) is 18.8. The predicted molar refractivity (Wildman–Crippen MR) is 101 cm³/mol. The Hall–Kier alpha value is -2.96. The molecule has 27 heavy (non-hydrogen) atoms. The number of benzene rings is 1. The predicted octanol–water partition coefficient (Wildman–Crippen LogP) is 2.45. The summed E-state index contributed by atoms with van der Waals surface area (Å²) in [6.45, 7) is 4.79. The molecule has 0 unspecified atom stereocenters. The zero-order valence-corrected chi connectivity index (χ0v) is 15.1. The molecule has 0 aliphatic carbocycles. The van der Waals surface area contributed by atoms with Gasteiger partial charge in [-0.1, -0.05) is 13.0 Å². The minimum Gasteiger partial charge on any atom is -0.351 e. The second-order valence-corrected chi connectivity index (χ2v) is 6.45. The number of carbonyl (C=O) groups is 2. The number of imidazole rings is 1. The van der Waals surface area contributed by atoms with Gasteiger partial charge in [-0.3, -0.25) is 9.59 Å². The van der Waals surface area contributed by atoms with E-state index in [0.717, 1.165) is 43.5 Å². The van der Waals surface area contributed by atoms with Crippen LogP contribution in [0.2, 0.25) is 0 Å². The summed E-state index contributed by atoms with van der Waals surface area (Å²) >= 11 is 0. The maximum absolute atomic E-state index is 13.3. The second-order valence-electron chi connectivity index (χ2n) is 6.45. The molecule has 0 saturated heterocycles. The summed E-state index contributed by atoms with van der Waals surface area (Å²) in [7, 11) is 0. The first-order chi connectivity index (χ1) is 13.1. The van der Waals surface area contributed by atoms with Gasteiger partial charge < -0.3 is 15.2 Å². The number of aromatic nitrogens is 2. The van der Waals surface area contributed by atoms with Gasteiger partial charge in [0.1, 0.15) is 17.3 Å². The normalized spacial score (nSPS) is 13.4. The Morgan fingerprint density at radius 1 is 1.15 bits per heavy atom. The summed E-state index contributed by atoms with van der Waals surface area (Å²) in [6, 6.07) is 6.16. The molecule has 0 atom stereocenters. The van der Waals surface area contributed by atoms with E-state index in [1.165, 1.54) is 18.2 Å². The largest absolute Gasteiger partial charge is 0.351 e. The van der Waals surface area contributed by atoms with E-state index < -0.39 is 0 Å². The van der Waals surface area contributed by atoms with Crippen LogP contribution in [-0.2, 0) is 17.8 Å². The summed E-state index contributed by atoms with van der Waals surface area (Å²) in [4.78, 5) is 28.4. The summed E-state index contributed by atoms with van der Waals surface area (Å²) in [6.07, 6.45) is 5.09. The van der Waals surface area contributed by atoms with Crippen LogP contribution in [0.4, 0.5) is 4.39 Å². The fraction of sp³-hybridized carbons (Fsp3) is 0.350. The third-order valence-electron chi connectivity index (χ3n) is 4.58. The molecule has 7 heteroatoms. The summed E-state index contributed by atoms with van der Waals surface area (Å²) in [5, 5.41) is 5.41. The number of halogens is 1. The summed E-state index contributed by atoms with van der Waals surface area (Å²) < 4.78 is 15.3. The highest BCUT2D eigenvalue weighted by molar-refractivity contribution is 5.94. The maximum atomic E-state index is 13.3. The van der Waals surface area contributed by atoms with Gasteiger partial charge in [0.05, 0.1) is 5.69 Å². The molecule has 2 heterocycles. The van der Waals surface area contributed by atoms with Crippen LogP contribution >= 0.6 is 0 Å². The lowest BCUT2D eigenvalue weighted by molar-refractivity contribution is -0.116. The molecule has 0 fully saturated rings. The molecule has 1 aliphatic heterocycles. The Morgan fingerprint density at radius 2 is 1.89 bits per heavy atom. The lowest BCUT2D eigenvalue weighted by Crippen LogP contribution is -2.34. The van der Waals surface area contributed by atoms with Gasteiger partial charge in [0.2, 0.25) is 5.91 Å². The summed E-state index contributed by atoms with van der Waals surface area (Å²) in [5.74, 6) is -0.154. The molecule has 0 spiro atoms. The topological polar surface area (TPSA) is 76.0 Å². The van der Waals surface area contributed by atoms with E-state index in [1.807, 2.05) is 0 Å². The van der Waals surface area contributed by atoms with Crippen LogP contribution in [0.15, 0.2) is 36.9 Å². The highest BCUT2D eigenvalue weighted by Gasteiger charge is 2.24. The molecule has 0 bridgehead atoms. The van der Waals surface area contributed by atoms with Crippen molar-refractivity contribution in [2.24, 2.45) is 0 Å². The molecule has 2 amide bonds. The Morgan fingerprint density at radius 3 is 2.63 bits per heavy atom. The minimum atomic E-state index is -0.305. The van der Waals surface area contributed by atoms with Gasteiger partial charge in [0.15, 0.2) is 0 Å². The number of hydrogen-bond donors (Lipinski definition) is 2. The lowest BCUT2D eigenvalue weighted by Gasteiger charge is -2.09. The molecular formula is C20H23FN4O2. The van der Waals surface area contributed by atoms with Crippen LogP contribution in [0.25, 0.3) is 11.4 Å². The smallest absolute Gasteiger partial charge is 0.271 e. The first-order valence-electron chi connectivity index (χ1n) is 9.14. The van der Waals surface area contributed by atoms with Crippen LogP contribution in [0.1, 0.15) is 35.4 Å². The zero-order chi connectivity index (χ0) is 19.2. The Kier molecular flexibility index (Phi) is 6.01. The van der Waals surface area contributed by atoms with Gasteiger partial charge in [-0.15, -0.1) is 0 Å². The molecule has 0 saturated carbocycles. The molecule has 6 nitrogen and oxygen atoms in total. The molecule has 0 radical (unpaired) electrons. The average molecular weight is 370 g/mol. The molecule has 1 aromatic carbocycles. The molecule has 3 rings (SSSR count). The standard InChI is InChI=1S/C20H23FN4O2/c1-2-17(26)22-11-12-23-20(27)18-16-6-4-3-5-13-25(16)19(24-18)14-7-9-15(21)10-8-14/h2,7-10H,1,3-6,11-13H2,(H,22,26)(H,23,27). The molecule has 2 aromatic rings. The zero-order valence-electron chi connectivity index (χ0n) is 15.1. The van der Waals surface area contributed by atoms with Gasteiger partial charge in [0.25, 0.3) is 5.91 Å². The van der Waals surface area contributed by atoms with Crippen molar-refractivity contribution in [1.82, 2.24) is 20.2 Å². The van der Waals surface area contributed by atoms with E-state index in [0.29, 0.717) is 24.6 Å². The van der Waals surface area contributed by atoms with E-state index in [1.54, 1.807) is 12.1 Å². The average Bonchev–Trinajstić information content (AvgIpc) is 2.86. The van der Waals surface area contributed by atoms with Crippen LogP contribution in [-0.4, -0.2) is 34.5 Å². The van der Waals surface area contributed by atoms with Crippen molar-refractivity contribution < 1.29 is 14.0 Å². The van der Waals surface area contributed by atoms with Crippen LogP contribution in [0.5, 0.6) is 0 Å². The van der Waals surface area contributed by atoms with Crippen LogP contribution in [0.3, 0.4) is 0 Å². The van der Waals surface area contributed by atoms with Crippen molar-refractivity contribution in [3.05, 3.63) is 54.1 Å². The monoisotopic (exact) mass is 370 g/mol. The van der Waals surface area contributed by atoms with Crippen LogP contribution < -0.4 is 10.6 Å². The van der Waals surface area contributed by atoms with Crippen molar-refractivity contribution in [1.29, 1.82) is 0 Å². The molecule has 1 aromatic heterocycles. The number of fused-ring (bicyclic) bond motifs is 1. The van der Waals surface area contributed by atoms with Crippen LogP contribution in [0, 0.1) is 5.82 Å². The number of rotatable bonds is 6. The fourth-order valence-corrected chi connectivity index (χ4v) is 3.24. The minimum absolute atomic E-state index is 0.262. The molecule has 142 valence electrons. The molecular weight excluding hydrogens is 347 g/mol. The number of carbonyl (C=O) groups excluding carboxylic acids is 2. The number of nitrogens with one attached hydrogen (secondary N) is 2. The quantitative estimate of drug-likeness (QED) is 0.606. The maximum Gasteiger partial charge on any atom is 0.271 e. The third kappa shape index (κ3) is 4.42. The van der Waals surface area contributed by atoms with Gasteiger partial charge in [-0.2, -0.15) is 0 Å². The van der Waals surface area contributed by atoms with E-state index >= 15 is 0 Å². The van der Waals surface area contributed by atoms with Crippen molar-refractivity contribution in [2.45, 2.75) is 32.2 Å². The van der Waals surface area contributed by atoms with E-state index in [4.69, 9.17) is 0 Å². The van der Waals surface area contributed by atoms with E-state index in [2.05, 4.69) is 26.8 Å². The Balaban J connectivity index is 1.82.